The van der Waals surface area contributed by atoms with Crippen LogP contribution < -0.4 is 11.1 Å². The second-order valence-corrected chi connectivity index (χ2v) is 4.97. The van der Waals surface area contributed by atoms with Crippen molar-refractivity contribution in [3.63, 3.8) is 0 Å². The number of aromatic nitrogens is 3. The number of halogens is 1. The molecule has 0 spiro atoms. The summed E-state index contributed by atoms with van der Waals surface area (Å²) in [5.41, 5.74) is 5.49. The Morgan fingerprint density at radius 1 is 1.33 bits per heavy atom. The van der Waals surface area contributed by atoms with Crippen LogP contribution in [0.2, 0.25) is 5.28 Å². The van der Waals surface area contributed by atoms with Gasteiger partial charge in [-0.05, 0) is 31.5 Å². The molecule has 7 heteroatoms. The Morgan fingerprint density at radius 2 is 2.06 bits per heavy atom. The number of hydrogen-bond acceptors (Lipinski definition) is 6. The number of nitrogens with one attached hydrogen (secondary N) is 1. The van der Waals surface area contributed by atoms with Gasteiger partial charge in [-0.1, -0.05) is 12.8 Å². The van der Waals surface area contributed by atoms with E-state index in [1.54, 1.807) is 0 Å². The first-order valence-corrected chi connectivity index (χ1v) is 6.64. The first-order chi connectivity index (χ1) is 8.65. The van der Waals surface area contributed by atoms with E-state index in [4.69, 9.17) is 17.3 Å². The van der Waals surface area contributed by atoms with Crippen LogP contribution in [0, 0.1) is 0 Å². The molecule has 1 aliphatic carbocycles. The maximum Gasteiger partial charge on any atom is 0.228 e. The van der Waals surface area contributed by atoms with Crippen LogP contribution in [0.4, 0.5) is 11.9 Å². The number of likely N-dealkylation sites (N-methyl/N-ethyl adjacent to an activating group) is 1. The minimum absolute atomic E-state index is 0.120. The molecule has 1 fully saturated rings. The molecule has 1 saturated carbocycles. The van der Waals surface area contributed by atoms with Gasteiger partial charge in [0.15, 0.2) is 0 Å². The lowest BCUT2D eigenvalue weighted by molar-refractivity contribution is 0.254. The van der Waals surface area contributed by atoms with Crippen molar-refractivity contribution in [2.75, 3.05) is 31.2 Å². The molecule has 0 radical (unpaired) electrons. The van der Waals surface area contributed by atoms with Gasteiger partial charge >= 0.3 is 0 Å². The lowest BCUT2D eigenvalue weighted by Crippen LogP contribution is -2.33. The largest absolute Gasteiger partial charge is 0.368 e. The Hall–Kier alpha value is -1.14. The maximum atomic E-state index is 5.70. The van der Waals surface area contributed by atoms with Gasteiger partial charge in [0.05, 0.1) is 0 Å². The summed E-state index contributed by atoms with van der Waals surface area (Å²) in [4.78, 5) is 14.0. The SMILES string of the molecule is CN(CCNc1nc(N)nc(Cl)n1)C1CCCC1. The predicted octanol–water partition coefficient (Wildman–Crippen LogP) is 1.39. The fourth-order valence-electron chi connectivity index (χ4n) is 2.32. The summed E-state index contributed by atoms with van der Waals surface area (Å²) >= 11 is 5.70. The molecule has 0 unspecified atom stereocenters. The first-order valence-electron chi connectivity index (χ1n) is 6.26. The van der Waals surface area contributed by atoms with Gasteiger partial charge in [-0.3, -0.25) is 0 Å². The van der Waals surface area contributed by atoms with Crippen molar-refractivity contribution in [2.24, 2.45) is 0 Å². The minimum atomic E-state index is 0.120. The smallest absolute Gasteiger partial charge is 0.228 e. The van der Waals surface area contributed by atoms with Gasteiger partial charge in [-0.2, -0.15) is 15.0 Å². The lowest BCUT2D eigenvalue weighted by atomic mass is 10.2. The van der Waals surface area contributed by atoms with Crippen molar-refractivity contribution >= 4 is 23.5 Å². The second kappa shape index (κ2) is 6.15. The van der Waals surface area contributed by atoms with Crippen molar-refractivity contribution in [2.45, 2.75) is 31.7 Å². The van der Waals surface area contributed by atoms with Gasteiger partial charge in [-0.25, -0.2) is 0 Å². The Balaban J connectivity index is 1.77. The number of nitrogen functional groups attached to an aromatic ring is 1. The van der Waals surface area contributed by atoms with Gasteiger partial charge in [0.25, 0.3) is 0 Å². The van der Waals surface area contributed by atoms with E-state index in [9.17, 15) is 0 Å². The monoisotopic (exact) mass is 270 g/mol. The molecule has 3 N–H and O–H groups in total. The molecule has 1 aromatic heterocycles. The summed E-state index contributed by atoms with van der Waals surface area (Å²) < 4.78 is 0. The van der Waals surface area contributed by atoms with E-state index in [-0.39, 0.29) is 11.2 Å². The van der Waals surface area contributed by atoms with Crippen LogP contribution in [-0.4, -0.2) is 46.0 Å². The highest BCUT2D eigenvalue weighted by Crippen LogP contribution is 2.21. The van der Waals surface area contributed by atoms with Crippen LogP contribution in [0.5, 0.6) is 0 Å². The zero-order valence-electron chi connectivity index (χ0n) is 10.6. The van der Waals surface area contributed by atoms with Crippen LogP contribution in [-0.2, 0) is 0 Å². The molecular weight excluding hydrogens is 252 g/mol. The van der Waals surface area contributed by atoms with Crippen LogP contribution in [0.25, 0.3) is 0 Å². The van der Waals surface area contributed by atoms with Crippen LogP contribution in [0.3, 0.4) is 0 Å². The van der Waals surface area contributed by atoms with E-state index >= 15 is 0 Å². The van der Waals surface area contributed by atoms with E-state index in [0.29, 0.717) is 5.95 Å². The van der Waals surface area contributed by atoms with E-state index in [0.717, 1.165) is 19.1 Å². The topological polar surface area (TPSA) is 80.0 Å². The van der Waals surface area contributed by atoms with Crippen molar-refractivity contribution in [1.29, 1.82) is 0 Å². The van der Waals surface area contributed by atoms with E-state index in [1.807, 2.05) is 0 Å². The van der Waals surface area contributed by atoms with E-state index in [2.05, 4.69) is 32.2 Å². The molecule has 6 nitrogen and oxygen atoms in total. The van der Waals surface area contributed by atoms with Gasteiger partial charge in [-0.15, -0.1) is 0 Å². The van der Waals surface area contributed by atoms with Gasteiger partial charge < -0.3 is 16.0 Å². The van der Waals surface area contributed by atoms with E-state index in [1.165, 1.54) is 25.7 Å². The molecular formula is C11H19ClN6. The summed E-state index contributed by atoms with van der Waals surface area (Å²) in [5, 5.41) is 3.23. The van der Waals surface area contributed by atoms with E-state index < -0.39 is 0 Å². The van der Waals surface area contributed by atoms with Crippen molar-refractivity contribution in [3.05, 3.63) is 5.28 Å². The van der Waals surface area contributed by atoms with Crippen molar-refractivity contribution < 1.29 is 0 Å². The highest BCUT2D eigenvalue weighted by molar-refractivity contribution is 6.28. The molecule has 18 heavy (non-hydrogen) atoms. The van der Waals surface area contributed by atoms with Crippen LogP contribution in [0.15, 0.2) is 0 Å². The molecule has 0 aromatic carbocycles. The highest BCUT2D eigenvalue weighted by Gasteiger charge is 2.18. The molecule has 1 aliphatic rings. The third kappa shape index (κ3) is 3.68. The molecule has 0 saturated heterocycles. The Labute approximate surface area is 112 Å². The fraction of sp³-hybridized carbons (Fsp3) is 0.727. The van der Waals surface area contributed by atoms with Gasteiger partial charge in [0, 0.05) is 19.1 Å². The number of hydrogen-bond donors (Lipinski definition) is 2. The average molecular weight is 271 g/mol. The molecule has 0 aliphatic heterocycles. The minimum Gasteiger partial charge on any atom is -0.368 e. The molecule has 2 rings (SSSR count). The normalized spacial score (nSPS) is 16.4. The molecule has 0 bridgehead atoms. The summed E-state index contributed by atoms with van der Waals surface area (Å²) in [6.45, 7) is 1.72. The standard InChI is InChI=1S/C11H19ClN6/c1-18(8-4-2-3-5-8)7-6-14-11-16-9(12)15-10(13)17-11/h8H,2-7H2,1H3,(H3,13,14,15,16,17). The first kappa shape index (κ1) is 13.3. The van der Waals surface area contributed by atoms with Crippen molar-refractivity contribution in [1.82, 2.24) is 19.9 Å². The Bertz CT molecular complexity index is 373. The number of anilines is 2. The molecule has 1 aromatic rings. The lowest BCUT2D eigenvalue weighted by Gasteiger charge is -2.23. The second-order valence-electron chi connectivity index (χ2n) is 4.63. The third-order valence-electron chi connectivity index (χ3n) is 3.32. The molecule has 1 heterocycles. The summed E-state index contributed by atoms with van der Waals surface area (Å²) in [7, 11) is 2.16. The summed E-state index contributed by atoms with van der Waals surface area (Å²) in [6.07, 6.45) is 5.31. The highest BCUT2D eigenvalue weighted by atomic mass is 35.5. The number of nitrogens with two attached hydrogens (primary N) is 1. The van der Waals surface area contributed by atoms with Crippen LogP contribution in [0.1, 0.15) is 25.7 Å². The average Bonchev–Trinajstić information content (AvgIpc) is 2.80. The summed E-state index contributed by atoms with van der Waals surface area (Å²) in [6, 6.07) is 0.721. The molecule has 100 valence electrons. The summed E-state index contributed by atoms with van der Waals surface area (Å²) in [5.74, 6) is 0.578. The van der Waals surface area contributed by atoms with Crippen LogP contribution >= 0.6 is 11.6 Å². The number of nitrogens with zero attached hydrogens (tertiary/aromatic N) is 4. The fourth-order valence-corrected chi connectivity index (χ4v) is 2.48. The predicted molar refractivity (Wildman–Crippen MR) is 72.6 cm³/mol. The quantitative estimate of drug-likeness (QED) is 0.842. The molecule has 0 atom stereocenters. The Kier molecular flexibility index (Phi) is 4.54. The maximum absolute atomic E-state index is 5.70. The van der Waals surface area contributed by atoms with Gasteiger partial charge in [0.2, 0.25) is 17.2 Å². The zero-order chi connectivity index (χ0) is 13.0. The van der Waals surface area contributed by atoms with Crippen molar-refractivity contribution in [3.8, 4) is 0 Å². The third-order valence-corrected chi connectivity index (χ3v) is 3.49. The molecule has 0 amide bonds. The Morgan fingerprint density at radius 3 is 2.72 bits per heavy atom. The van der Waals surface area contributed by atoms with Gasteiger partial charge in [0.1, 0.15) is 0 Å². The zero-order valence-corrected chi connectivity index (χ0v) is 11.3. The number of rotatable bonds is 5.